The average Bonchev–Trinajstić information content (AvgIpc) is 2.53. The van der Waals surface area contributed by atoms with Gasteiger partial charge in [-0.1, -0.05) is 31.2 Å². The Morgan fingerprint density at radius 2 is 1.76 bits per heavy atom. The number of ether oxygens (including phenoxy) is 2. The first-order chi connectivity index (χ1) is 10.1. The van der Waals surface area contributed by atoms with Gasteiger partial charge in [0.15, 0.2) is 0 Å². The normalized spacial score (nSPS) is 12.0. The molecule has 0 bridgehead atoms. The van der Waals surface area contributed by atoms with E-state index in [-0.39, 0.29) is 5.38 Å². The van der Waals surface area contributed by atoms with Gasteiger partial charge in [0.25, 0.3) is 0 Å². The van der Waals surface area contributed by atoms with Crippen molar-refractivity contribution in [3.63, 3.8) is 0 Å². The Bertz CT molecular complexity index is 628. The van der Waals surface area contributed by atoms with E-state index < -0.39 is 0 Å². The minimum Gasteiger partial charge on any atom is -0.495 e. The van der Waals surface area contributed by atoms with Crippen molar-refractivity contribution in [1.82, 2.24) is 0 Å². The summed E-state index contributed by atoms with van der Waals surface area (Å²) < 4.78 is 11.6. The zero-order valence-electron chi connectivity index (χ0n) is 12.3. The summed E-state index contributed by atoms with van der Waals surface area (Å²) in [4.78, 5) is 0. The highest BCUT2D eigenvalue weighted by Crippen LogP contribution is 2.44. The molecule has 0 N–H and O–H groups in total. The fraction of sp³-hybridized carbons (Fsp3) is 0.294. The Labute approximate surface area is 139 Å². The third kappa shape index (κ3) is 3.19. The molecule has 1 atom stereocenters. The molecule has 112 valence electrons. The number of aryl methyl sites for hydroxylation is 1. The van der Waals surface area contributed by atoms with Gasteiger partial charge in [0.1, 0.15) is 16.0 Å². The van der Waals surface area contributed by atoms with Crippen LogP contribution in [0.2, 0.25) is 0 Å². The van der Waals surface area contributed by atoms with Gasteiger partial charge in [-0.3, -0.25) is 0 Å². The van der Waals surface area contributed by atoms with Crippen molar-refractivity contribution in [2.75, 3.05) is 14.2 Å². The second-order valence-corrected chi connectivity index (χ2v) is 5.85. The SMILES string of the molecule is CCc1ccccc1C(Cl)c1ccc(OC)c(Br)c1OC. The summed E-state index contributed by atoms with van der Waals surface area (Å²) in [5.41, 5.74) is 3.27. The lowest BCUT2D eigenvalue weighted by atomic mass is 9.97. The zero-order chi connectivity index (χ0) is 15.4. The van der Waals surface area contributed by atoms with Gasteiger partial charge in [0, 0.05) is 5.56 Å². The van der Waals surface area contributed by atoms with Crippen LogP contribution in [0.4, 0.5) is 0 Å². The molecule has 0 saturated carbocycles. The monoisotopic (exact) mass is 368 g/mol. The van der Waals surface area contributed by atoms with E-state index >= 15 is 0 Å². The minimum atomic E-state index is -0.265. The van der Waals surface area contributed by atoms with Gasteiger partial charge < -0.3 is 9.47 Å². The molecule has 0 saturated heterocycles. The smallest absolute Gasteiger partial charge is 0.141 e. The summed E-state index contributed by atoms with van der Waals surface area (Å²) in [6, 6.07) is 12.1. The van der Waals surface area contributed by atoms with Crippen molar-refractivity contribution in [2.45, 2.75) is 18.7 Å². The van der Waals surface area contributed by atoms with E-state index in [1.807, 2.05) is 24.3 Å². The molecule has 0 amide bonds. The lowest BCUT2D eigenvalue weighted by molar-refractivity contribution is 0.386. The largest absolute Gasteiger partial charge is 0.495 e. The molecule has 2 aromatic carbocycles. The van der Waals surface area contributed by atoms with E-state index in [1.165, 1.54) is 5.56 Å². The molecule has 0 heterocycles. The number of rotatable bonds is 5. The highest BCUT2D eigenvalue weighted by atomic mass is 79.9. The van der Waals surface area contributed by atoms with Crippen LogP contribution in [0.1, 0.15) is 29.0 Å². The van der Waals surface area contributed by atoms with Crippen molar-refractivity contribution >= 4 is 27.5 Å². The van der Waals surface area contributed by atoms with Crippen LogP contribution in [0.5, 0.6) is 11.5 Å². The summed E-state index contributed by atoms with van der Waals surface area (Å²) in [6.45, 7) is 2.13. The molecule has 0 aromatic heterocycles. The van der Waals surface area contributed by atoms with Crippen LogP contribution in [-0.4, -0.2) is 14.2 Å². The summed E-state index contributed by atoms with van der Waals surface area (Å²) in [5.74, 6) is 1.43. The molecule has 0 fully saturated rings. The van der Waals surface area contributed by atoms with Crippen LogP contribution in [0, 0.1) is 0 Å². The minimum absolute atomic E-state index is 0.265. The molecule has 2 aromatic rings. The summed E-state index contributed by atoms with van der Waals surface area (Å²) in [6.07, 6.45) is 0.943. The molecule has 0 aliphatic rings. The van der Waals surface area contributed by atoms with Gasteiger partial charge in [-0.2, -0.15) is 0 Å². The number of halogens is 2. The van der Waals surface area contributed by atoms with Gasteiger partial charge in [0.05, 0.1) is 19.6 Å². The number of methoxy groups -OCH3 is 2. The van der Waals surface area contributed by atoms with Crippen LogP contribution in [0.25, 0.3) is 0 Å². The summed E-state index contributed by atoms with van der Waals surface area (Å²) in [5, 5.41) is -0.265. The van der Waals surface area contributed by atoms with E-state index in [0.29, 0.717) is 5.75 Å². The Kier molecular flexibility index (Phi) is 5.54. The van der Waals surface area contributed by atoms with Crippen molar-refractivity contribution in [3.8, 4) is 11.5 Å². The van der Waals surface area contributed by atoms with E-state index in [0.717, 1.165) is 27.8 Å². The fourth-order valence-corrected chi connectivity index (χ4v) is 3.46. The molecule has 2 rings (SSSR count). The first-order valence-electron chi connectivity index (χ1n) is 6.76. The summed E-state index contributed by atoms with van der Waals surface area (Å²) in [7, 11) is 3.27. The third-order valence-electron chi connectivity index (χ3n) is 3.50. The van der Waals surface area contributed by atoms with Crippen molar-refractivity contribution in [3.05, 3.63) is 57.6 Å². The predicted octanol–water partition coefficient (Wildman–Crippen LogP) is 5.36. The average molecular weight is 370 g/mol. The molecule has 0 radical (unpaired) electrons. The number of hydrogen-bond donors (Lipinski definition) is 0. The molecular formula is C17H18BrClO2. The van der Waals surface area contributed by atoms with Gasteiger partial charge in [-0.15, -0.1) is 11.6 Å². The molecule has 21 heavy (non-hydrogen) atoms. The second kappa shape index (κ2) is 7.19. The Morgan fingerprint density at radius 3 is 2.38 bits per heavy atom. The quantitative estimate of drug-likeness (QED) is 0.661. The van der Waals surface area contributed by atoms with Crippen LogP contribution in [-0.2, 0) is 6.42 Å². The molecule has 2 nitrogen and oxygen atoms in total. The van der Waals surface area contributed by atoms with Crippen molar-refractivity contribution < 1.29 is 9.47 Å². The standard InChI is InChI=1S/C17H18BrClO2/c1-4-11-7-5-6-8-12(11)16(19)13-9-10-14(20-2)15(18)17(13)21-3/h5-10,16H,4H2,1-3H3. The predicted molar refractivity (Wildman–Crippen MR) is 90.8 cm³/mol. The number of benzene rings is 2. The number of hydrogen-bond acceptors (Lipinski definition) is 2. The van der Waals surface area contributed by atoms with Crippen LogP contribution >= 0.6 is 27.5 Å². The molecule has 0 aliphatic carbocycles. The highest BCUT2D eigenvalue weighted by molar-refractivity contribution is 9.10. The third-order valence-corrected chi connectivity index (χ3v) is 4.72. The first kappa shape index (κ1) is 16.2. The van der Waals surface area contributed by atoms with Gasteiger partial charge in [0.2, 0.25) is 0 Å². The zero-order valence-corrected chi connectivity index (χ0v) is 14.7. The van der Waals surface area contributed by atoms with E-state index in [2.05, 4.69) is 35.0 Å². The van der Waals surface area contributed by atoms with E-state index in [1.54, 1.807) is 14.2 Å². The second-order valence-electron chi connectivity index (χ2n) is 4.62. The van der Waals surface area contributed by atoms with Gasteiger partial charge in [-0.25, -0.2) is 0 Å². The molecular weight excluding hydrogens is 352 g/mol. The van der Waals surface area contributed by atoms with E-state index in [4.69, 9.17) is 21.1 Å². The molecule has 1 unspecified atom stereocenters. The topological polar surface area (TPSA) is 18.5 Å². The summed E-state index contributed by atoms with van der Waals surface area (Å²) >= 11 is 10.2. The Morgan fingerprint density at radius 1 is 1.05 bits per heavy atom. The van der Waals surface area contributed by atoms with Gasteiger partial charge >= 0.3 is 0 Å². The maximum atomic E-state index is 6.73. The van der Waals surface area contributed by atoms with E-state index in [9.17, 15) is 0 Å². The lowest BCUT2D eigenvalue weighted by Gasteiger charge is -2.19. The van der Waals surface area contributed by atoms with Crippen LogP contribution in [0.15, 0.2) is 40.9 Å². The fourth-order valence-electron chi connectivity index (χ4n) is 2.39. The first-order valence-corrected chi connectivity index (χ1v) is 7.99. The Balaban J connectivity index is 2.53. The molecule has 4 heteroatoms. The number of alkyl halides is 1. The molecule has 0 aliphatic heterocycles. The van der Waals surface area contributed by atoms with Crippen molar-refractivity contribution in [2.24, 2.45) is 0 Å². The molecule has 0 spiro atoms. The van der Waals surface area contributed by atoms with Crippen LogP contribution < -0.4 is 9.47 Å². The lowest BCUT2D eigenvalue weighted by Crippen LogP contribution is -2.02. The highest BCUT2D eigenvalue weighted by Gasteiger charge is 2.21. The van der Waals surface area contributed by atoms with Gasteiger partial charge in [-0.05, 0) is 45.6 Å². The van der Waals surface area contributed by atoms with Crippen LogP contribution in [0.3, 0.4) is 0 Å². The maximum absolute atomic E-state index is 6.73. The van der Waals surface area contributed by atoms with Crippen molar-refractivity contribution in [1.29, 1.82) is 0 Å². The Hall–Kier alpha value is -1.19. The maximum Gasteiger partial charge on any atom is 0.141 e.